The van der Waals surface area contributed by atoms with Crippen molar-refractivity contribution in [2.45, 2.75) is 0 Å². The summed E-state index contributed by atoms with van der Waals surface area (Å²) >= 11 is 9.93. The van der Waals surface area contributed by atoms with E-state index in [9.17, 15) is 4.79 Å². The van der Waals surface area contributed by atoms with Crippen molar-refractivity contribution in [1.82, 2.24) is 4.90 Å². The summed E-state index contributed by atoms with van der Waals surface area (Å²) in [6.45, 7) is 0. The van der Waals surface area contributed by atoms with Crippen molar-refractivity contribution in [3.8, 4) is 0 Å². The lowest BCUT2D eigenvalue weighted by atomic mass is 10.0. The van der Waals surface area contributed by atoms with Crippen molar-refractivity contribution >= 4 is 44.8 Å². The fraction of sp³-hybridized carbons (Fsp3) is 0.158. The Labute approximate surface area is 160 Å². The molecule has 6 heteroatoms. The van der Waals surface area contributed by atoms with E-state index in [0.717, 1.165) is 21.3 Å². The molecule has 0 spiro atoms. The first kappa shape index (κ1) is 17.7. The lowest BCUT2D eigenvalue weighted by Gasteiger charge is -2.18. The minimum absolute atomic E-state index is 0.167. The van der Waals surface area contributed by atoms with Gasteiger partial charge >= 0.3 is 0 Å². The van der Waals surface area contributed by atoms with Crippen LogP contribution in [0, 0.1) is 0 Å². The molecule has 0 bridgehead atoms. The van der Waals surface area contributed by atoms with E-state index in [2.05, 4.69) is 15.9 Å². The van der Waals surface area contributed by atoms with Crippen molar-refractivity contribution in [3.63, 3.8) is 0 Å². The molecule has 0 N–H and O–H groups in total. The number of anilines is 1. The Balaban J connectivity index is 2.34. The largest absolute Gasteiger partial charge is 0.382 e. The van der Waals surface area contributed by atoms with E-state index in [0.29, 0.717) is 16.4 Å². The topological polar surface area (TPSA) is 35.9 Å². The number of halogens is 2. The number of amides is 1. The molecule has 0 unspecified atom stereocenters. The average Bonchev–Trinajstić information content (AvgIpc) is 2.66. The van der Waals surface area contributed by atoms with Gasteiger partial charge in [0, 0.05) is 48.0 Å². The number of benzene rings is 2. The standard InChI is InChI=1S/C19H17BrClN3O/c1-23(2)11-16-19(25)24(3)17-9-8-12(20)10-14(17)18(22-16)13-6-4-5-7-15(13)21/h4-11H,1-3H3. The van der Waals surface area contributed by atoms with Gasteiger partial charge in [-0.1, -0.05) is 45.7 Å². The van der Waals surface area contributed by atoms with Gasteiger partial charge in [-0.2, -0.15) is 0 Å². The molecule has 2 aromatic rings. The van der Waals surface area contributed by atoms with Gasteiger partial charge in [0.25, 0.3) is 5.91 Å². The predicted molar refractivity (Wildman–Crippen MR) is 106 cm³/mol. The maximum atomic E-state index is 12.9. The van der Waals surface area contributed by atoms with E-state index in [1.54, 1.807) is 23.0 Å². The van der Waals surface area contributed by atoms with Gasteiger partial charge in [-0.15, -0.1) is 0 Å². The molecule has 4 nitrogen and oxygen atoms in total. The first-order valence-corrected chi connectivity index (χ1v) is 8.85. The Bertz CT molecular complexity index is 905. The van der Waals surface area contributed by atoms with Gasteiger partial charge in [-0.05, 0) is 24.3 Å². The summed E-state index contributed by atoms with van der Waals surface area (Å²) in [4.78, 5) is 21.0. The molecule has 25 heavy (non-hydrogen) atoms. The van der Waals surface area contributed by atoms with Crippen molar-refractivity contribution in [2.75, 3.05) is 26.0 Å². The van der Waals surface area contributed by atoms with Crippen molar-refractivity contribution < 1.29 is 4.79 Å². The summed E-state index contributed by atoms with van der Waals surface area (Å²) in [6, 6.07) is 13.3. The fourth-order valence-corrected chi connectivity index (χ4v) is 3.27. The fourth-order valence-electron chi connectivity index (χ4n) is 2.69. The quantitative estimate of drug-likeness (QED) is 0.681. The highest BCUT2D eigenvalue weighted by molar-refractivity contribution is 9.10. The van der Waals surface area contributed by atoms with Gasteiger partial charge in [0.15, 0.2) is 0 Å². The normalized spacial score (nSPS) is 15.7. The minimum atomic E-state index is -0.167. The Kier molecular flexibility index (Phi) is 4.97. The monoisotopic (exact) mass is 417 g/mol. The molecular formula is C19H17BrClN3O. The summed E-state index contributed by atoms with van der Waals surface area (Å²) in [7, 11) is 5.48. The Hall–Kier alpha value is -2.11. The molecule has 2 aromatic carbocycles. The van der Waals surface area contributed by atoms with Crippen LogP contribution in [0.15, 0.2) is 63.8 Å². The molecule has 3 rings (SSSR count). The Morgan fingerprint density at radius 1 is 1.16 bits per heavy atom. The summed E-state index contributed by atoms with van der Waals surface area (Å²) in [6.07, 6.45) is 1.72. The second-order valence-electron chi connectivity index (χ2n) is 5.94. The number of hydrogen-bond acceptors (Lipinski definition) is 3. The molecule has 0 aliphatic carbocycles. The van der Waals surface area contributed by atoms with Crippen LogP contribution in [0.3, 0.4) is 0 Å². The summed E-state index contributed by atoms with van der Waals surface area (Å²) in [5, 5.41) is 0.591. The van der Waals surface area contributed by atoms with Crippen LogP contribution in [0.2, 0.25) is 5.02 Å². The number of fused-ring (bicyclic) bond motifs is 1. The number of rotatable bonds is 2. The third-order valence-corrected chi connectivity index (χ3v) is 4.66. The van der Waals surface area contributed by atoms with Crippen LogP contribution >= 0.6 is 27.5 Å². The molecule has 0 aromatic heterocycles. The van der Waals surface area contributed by atoms with Gasteiger partial charge in [-0.25, -0.2) is 4.99 Å². The SMILES string of the molecule is CN(C)C=C1N=C(c2ccccc2Cl)c2cc(Br)ccc2N(C)C1=O. The number of hydrogen-bond donors (Lipinski definition) is 0. The van der Waals surface area contributed by atoms with Crippen LogP contribution < -0.4 is 4.90 Å². The molecule has 0 radical (unpaired) electrons. The van der Waals surface area contributed by atoms with E-state index in [1.165, 1.54) is 0 Å². The number of carbonyl (C=O) groups is 1. The molecular weight excluding hydrogens is 402 g/mol. The van der Waals surface area contributed by atoms with Crippen molar-refractivity contribution in [1.29, 1.82) is 0 Å². The third kappa shape index (κ3) is 3.48. The van der Waals surface area contributed by atoms with Gasteiger partial charge in [0.1, 0.15) is 5.70 Å². The van der Waals surface area contributed by atoms with E-state index in [-0.39, 0.29) is 5.91 Å². The smallest absolute Gasteiger partial charge is 0.278 e. The van der Waals surface area contributed by atoms with Crippen LogP contribution in [0.5, 0.6) is 0 Å². The lowest BCUT2D eigenvalue weighted by Crippen LogP contribution is -2.27. The molecule has 0 saturated heterocycles. The lowest BCUT2D eigenvalue weighted by molar-refractivity contribution is -0.114. The summed E-state index contributed by atoms with van der Waals surface area (Å²) in [5.41, 5.74) is 3.45. The molecule has 0 saturated carbocycles. The van der Waals surface area contributed by atoms with E-state index in [4.69, 9.17) is 16.6 Å². The highest BCUT2D eigenvalue weighted by atomic mass is 79.9. The van der Waals surface area contributed by atoms with Crippen LogP contribution in [0.1, 0.15) is 11.1 Å². The van der Waals surface area contributed by atoms with Crippen molar-refractivity contribution in [3.05, 3.63) is 75.0 Å². The van der Waals surface area contributed by atoms with Gasteiger partial charge < -0.3 is 9.80 Å². The number of carbonyl (C=O) groups excluding carboxylic acids is 1. The maximum Gasteiger partial charge on any atom is 0.278 e. The number of nitrogens with zero attached hydrogens (tertiary/aromatic N) is 3. The van der Waals surface area contributed by atoms with E-state index >= 15 is 0 Å². The number of likely N-dealkylation sites (N-methyl/N-ethyl adjacent to an activating group) is 1. The molecule has 128 valence electrons. The van der Waals surface area contributed by atoms with Crippen LogP contribution in [-0.4, -0.2) is 37.7 Å². The zero-order valence-electron chi connectivity index (χ0n) is 14.1. The molecule has 1 aliphatic rings. The third-order valence-electron chi connectivity index (χ3n) is 3.84. The number of aliphatic imine (C=N–C) groups is 1. The number of benzodiazepines with no additional fused rings is 1. The second kappa shape index (κ2) is 7.02. The van der Waals surface area contributed by atoms with Crippen LogP contribution in [0.4, 0.5) is 5.69 Å². The second-order valence-corrected chi connectivity index (χ2v) is 7.27. The van der Waals surface area contributed by atoms with Crippen LogP contribution in [0.25, 0.3) is 0 Å². The molecule has 0 atom stereocenters. The first-order chi connectivity index (χ1) is 11.9. The van der Waals surface area contributed by atoms with Crippen LogP contribution in [-0.2, 0) is 4.79 Å². The van der Waals surface area contributed by atoms with Gasteiger partial charge in [-0.3, -0.25) is 4.79 Å². The summed E-state index contributed by atoms with van der Waals surface area (Å²) in [5.74, 6) is -0.167. The molecule has 1 aliphatic heterocycles. The molecule has 0 fully saturated rings. The zero-order chi connectivity index (χ0) is 18.1. The highest BCUT2D eigenvalue weighted by Gasteiger charge is 2.27. The van der Waals surface area contributed by atoms with Gasteiger partial charge in [0.2, 0.25) is 0 Å². The van der Waals surface area contributed by atoms with Crippen molar-refractivity contribution in [2.24, 2.45) is 4.99 Å². The minimum Gasteiger partial charge on any atom is -0.382 e. The van der Waals surface area contributed by atoms with E-state index in [1.807, 2.05) is 56.6 Å². The Morgan fingerprint density at radius 3 is 2.56 bits per heavy atom. The van der Waals surface area contributed by atoms with Gasteiger partial charge in [0.05, 0.1) is 11.4 Å². The van der Waals surface area contributed by atoms with E-state index < -0.39 is 0 Å². The maximum absolute atomic E-state index is 12.9. The Morgan fingerprint density at radius 2 is 1.88 bits per heavy atom. The average molecular weight is 419 g/mol. The molecule has 1 amide bonds. The predicted octanol–water partition coefficient (Wildman–Crippen LogP) is 4.32. The zero-order valence-corrected chi connectivity index (χ0v) is 16.5. The molecule has 1 heterocycles. The first-order valence-electron chi connectivity index (χ1n) is 7.68. The summed E-state index contributed by atoms with van der Waals surface area (Å²) < 4.78 is 0.909. The highest BCUT2D eigenvalue weighted by Crippen LogP contribution is 2.32.